The van der Waals surface area contributed by atoms with Gasteiger partial charge >= 0.3 is 6.18 Å². The van der Waals surface area contributed by atoms with Crippen LogP contribution in [0.3, 0.4) is 0 Å². The van der Waals surface area contributed by atoms with Gasteiger partial charge in [-0.05, 0) is 22.9 Å². The van der Waals surface area contributed by atoms with E-state index in [9.17, 15) is 13.2 Å². The van der Waals surface area contributed by atoms with Crippen LogP contribution < -0.4 is 5.32 Å². The third-order valence-electron chi connectivity index (χ3n) is 2.65. The van der Waals surface area contributed by atoms with E-state index in [1.807, 2.05) is 13.0 Å². The standard InChI is InChI=1S/C14H13BrF3N3/c1-2-19-13-11(15)12(9-6-4-3-5-7-9)20-10(21-13)8-14(16,17)18/h3-7H,2,8H2,1H3,(H,19,20,21). The van der Waals surface area contributed by atoms with Gasteiger partial charge in [-0.1, -0.05) is 30.3 Å². The highest BCUT2D eigenvalue weighted by Gasteiger charge is 2.30. The van der Waals surface area contributed by atoms with Crippen LogP contribution in [-0.4, -0.2) is 22.7 Å². The zero-order chi connectivity index (χ0) is 15.5. The third-order valence-corrected chi connectivity index (χ3v) is 3.40. The maximum atomic E-state index is 12.6. The van der Waals surface area contributed by atoms with Crippen LogP contribution in [0.4, 0.5) is 19.0 Å². The van der Waals surface area contributed by atoms with Crippen molar-refractivity contribution < 1.29 is 13.2 Å². The monoisotopic (exact) mass is 359 g/mol. The van der Waals surface area contributed by atoms with Gasteiger partial charge in [0.05, 0.1) is 10.2 Å². The average molecular weight is 360 g/mol. The van der Waals surface area contributed by atoms with Crippen molar-refractivity contribution in [3.05, 3.63) is 40.6 Å². The number of aromatic nitrogens is 2. The summed E-state index contributed by atoms with van der Waals surface area (Å²) in [6.45, 7) is 2.40. The lowest BCUT2D eigenvalue weighted by atomic mass is 10.1. The van der Waals surface area contributed by atoms with E-state index in [0.29, 0.717) is 22.5 Å². The molecule has 1 aromatic carbocycles. The molecular weight excluding hydrogens is 347 g/mol. The minimum absolute atomic E-state index is 0.250. The predicted molar refractivity (Wildman–Crippen MR) is 79.1 cm³/mol. The second-order valence-electron chi connectivity index (χ2n) is 4.34. The maximum absolute atomic E-state index is 12.6. The van der Waals surface area contributed by atoms with Crippen molar-refractivity contribution >= 4 is 21.7 Å². The van der Waals surface area contributed by atoms with Crippen molar-refractivity contribution in [2.24, 2.45) is 0 Å². The summed E-state index contributed by atoms with van der Waals surface area (Å²) < 4.78 is 38.3. The molecule has 0 spiro atoms. The fourth-order valence-corrected chi connectivity index (χ4v) is 2.37. The number of nitrogens with one attached hydrogen (secondary N) is 1. The number of rotatable bonds is 4. The molecule has 0 fully saturated rings. The van der Waals surface area contributed by atoms with Crippen molar-refractivity contribution in [3.8, 4) is 11.3 Å². The molecule has 0 atom stereocenters. The van der Waals surface area contributed by atoms with Crippen molar-refractivity contribution in [2.75, 3.05) is 11.9 Å². The van der Waals surface area contributed by atoms with Gasteiger partial charge in [0.15, 0.2) is 0 Å². The van der Waals surface area contributed by atoms with E-state index in [0.717, 1.165) is 5.56 Å². The van der Waals surface area contributed by atoms with Crippen LogP contribution in [-0.2, 0) is 6.42 Å². The Morgan fingerprint density at radius 1 is 1.14 bits per heavy atom. The predicted octanol–water partition coefficient (Wildman–Crippen LogP) is 4.44. The van der Waals surface area contributed by atoms with Crippen LogP contribution in [0.25, 0.3) is 11.3 Å². The fourth-order valence-electron chi connectivity index (χ4n) is 1.82. The molecule has 1 heterocycles. The number of halogens is 4. The lowest BCUT2D eigenvalue weighted by molar-refractivity contribution is -0.128. The van der Waals surface area contributed by atoms with E-state index in [1.54, 1.807) is 24.3 Å². The highest BCUT2D eigenvalue weighted by Crippen LogP contribution is 2.32. The first-order chi connectivity index (χ1) is 9.90. The molecule has 0 aliphatic rings. The minimum Gasteiger partial charge on any atom is -0.369 e. The molecular formula is C14H13BrF3N3. The van der Waals surface area contributed by atoms with E-state index < -0.39 is 12.6 Å². The second-order valence-corrected chi connectivity index (χ2v) is 5.13. The Morgan fingerprint density at radius 3 is 2.38 bits per heavy atom. The first-order valence-corrected chi connectivity index (χ1v) is 7.12. The summed E-state index contributed by atoms with van der Waals surface area (Å²) in [5, 5.41) is 2.95. The van der Waals surface area contributed by atoms with Crippen LogP contribution in [0.5, 0.6) is 0 Å². The van der Waals surface area contributed by atoms with Crippen LogP contribution in [0.2, 0.25) is 0 Å². The minimum atomic E-state index is -4.34. The van der Waals surface area contributed by atoms with E-state index in [2.05, 4.69) is 31.2 Å². The largest absolute Gasteiger partial charge is 0.396 e. The van der Waals surface area contributed by atoms with Crippen LogP contribution in [0.1, 0.15) is 12.7 Å². The normalized spacial score (nSPS) is 11.5. The molecule has 112 valence electrons. The molecule has 0 saturated heterocycles. The molecule has 0 saturated carbocycles. The highest BCUT2D eigenvalue weighted by molar-refractivity contribution is 9.10. The van der Waals surface area contributed by atoms with Gasteiger partial charge < -0.3 is 5.32 Å². The Bertz CT molecular complexity index is 615. The molecule has 0 amide bonds. The summed E-state index contributed by atoms with van der Waals surface area (Å²) in [4.78, 5) is 8.00. The second kappa shape index (κ2) is 6.43. The lowest BCUT2D eigenvalue weighted by Crippen LogP contribution is -2.16. The van der Waals surface area contributed by atoms with Gasteiger partial charge in [0, 0.05) is 12.1 Å². The van der Waals surface area contributed by atoms with Crippen molar-refractivity contribution in [1.82, 2.24) is 9.97 Å². The fraction of sp³-hybridized carbons (Fsp3) is 0.286. The van der Waals surface area contributed by atoms with Gasteiger partial charge in [-0.3, -0.25) is 0 Å². The Hall–Kier alpha value is -1.63. The number of benzene rings is 1. The molecule has 2 aromatic rings. The molecule has 0 aliphatic carbocycles. The van der Waals surface area contributed by atoms with Gasteiger partial charge in [0.25, 0.3) is 0 Å². The highest BCUT2D eigenvalue weighted by atomic mass is 79.9. The molecule has 0 radical (unpaired) electrons. The molecule has 7 heteroatoms. The smallest absolute Gasteiger partial charge is 0.369 e. The Kier molecular flexibility index (Phi) is 4.82. The van der Waals surface area contributed by atoms with E-state index in [1.165, 1.54) is 0 Å². The topological polar surface area (TPSA) is 37.8 Å². The Morgan fingerprint density at radius 2 is 1.81 bits per heavy atom. The van der Waals surface area contributed by atoms with Gasteiger partial charge in [-0.25, -0.2) is 9.97 Å². The first kappa shape index (κ1) is 15.8. The number of nitrogens with zero attached hydrogens (tertiary/aromatic N) is 2. The van der Waals surface area contributed by atoms with Crippen LogP contribution in [0, 0.1) is 0 Å². The molecule has 0 unspecified atom stereocenters. The molecule has 3 nitrogen and oxygen atoms in total. The molecule has 2 rings (SSSR count). The van der Waals surface area contributed by atoms with Gasteiger partial charge in [0.2, 0.25) is 0 Å². The number of hydrogen-bond acceptors (Lipinski definition) is 3. The van der Waals surface area contributed by atoms with Crippen molar-refractivity contribution in [3.63, 3.8) is 0 Å². The van der Waals surface area contributed by atoms with E-state index >= 15 is 0 Å². The zero-order valence-corrected chi connectivity index (χ0v) is 12.8. The number of anilines is 1. The summed E-state index contributed by atoms with van der Waals surface area (Å²) in [6, 6.07) is 9.03. The molecule has 0 bridgehead atoms. The van der Waals surface area contributed by atoms with Gasteiger partial charge in [0.1, 0.15) is 18.1 Å². The Labute approximate surface area is 128 Å². The average Bonchev–Trinajstić information content (AvgIpc) is 2.42. The van der Waals surface area contributed by atoms with E-state index in [-0.39, 0.29) is 5.82 Å². The maximum Gasteiger partial charge on any atom is 0.396 e. The summed E-state index contributed by atoms with van der Waals surface area (Å²) in [5.74, 6) is 0.117. The summed E-state index contributed by atoms with van der Waals surface area (Å²) >= 11 is 3.36. The molecule has 1 aromatic heterocycles. The van der Waals surface area contributed by atoms with Crippen LogP contribution in [0.15, 0.2) is 34.8 Å². The Balaban J connectivity index is 2.52. The first-order valence-electron chi connectivity index (χ1n) is 6.33. The lowest BCUT2D eigenvalue weighted by Gasteiger charge is -2.13. The molecule has 0 aliphatic heterocycles. The van der Waals surface area contributed by atoms with E-state index in [4.69, 9.17) is 0 Å². The van der Waals surface area contributed by atoms with Gasteiger partial charge in [-0.15, -0.1) is 0 Å². The number of alkyl halides is 3. The number of hydrogen-bond donors (Lipinski definition) is 1. The van der Waals surface area contributed by atoms with Gasteiger partial charge in [-0.2, -0.15) is 13.2 Å². The zero-order valence-electron chi connectivity index (χ0n) is 11.2. The van der Waals surface area contributed by atoms with Crippen molar-refractivity contribution in [1.29, 1.82) is 0 Å². The summed E-state index contributed by atoms with van der Waals surface area (Å²) in [5.41, 5.74) is 1.18. The van der Waals surface area contributed by atoms with Crippen molar-refractivity contribution in [2.45, 2.75) is 19.5 Å². The summed E-state index contributed by atoms with van der Waals surface area (Å²) in [7, 11) is 0. The molecule has 21 heavy (non-hydrogen) atoms. The summed E-state index contributed by atoms with van der Waals surface area (Å²) in [6.07, 6.45) is -5.50. The van der Waals surface area contributed by atoms with Crippen LogP contribution >= 0.6 is 15.9 Å². The third kappa shape index (κ3) is 4.17. The molecule has 1 N–H and O–H groups in total. The SMILES string of the molecule is CCNc1nc(CC(F)(F)F)nc(-c2ccccc2)c1Br. The quantitative estimate of drug-likeness (QED) is 0.876.